The van der Waals surface area contributed by atoms with Gasteiger partial charge in [-0.25, -0.2) is 9.66 Å². The number of fused-ring (bicyclic) bond motifs is 2. The van der Waals surface area contributed by atoms with Crippen molar-refractivity contribution in [3.8, 4) is 5.75 Å². The Morgan fingerprint density at radius 2 is 2.03 bits per heavy atom. The van der Waals surface area contributed by atoms with E-state index in [0.29, 0.717) is 30.8 Å². The van der Waals surface area contributed by atoms with Gasteiger partial charge in [0.1, 0.15) is 12.3 Å². The number of carbonyl (C=O) groups excluding carboxylic acids is 1. The van der Waals surface area contributed by atoms with E-state index in [-0.39, 0.29) is 13.0 Å². The van der Waals surface area contributed by atoms with Gasteiger partial charge in [-0.05, 0) is 29.7 Å². The highest BCUT2D eigenvalue weighted by Crippen LogP contribution is 2.27. The quantitative estimate of drug-likeness (QED) is 0.793. The number of alkyl halides is 3. The molecule has 29 heavy (non-hydrogen) atoms. The van der Waals surface area contributed by atoms with Gasteiger partial charge in [-0.2, -0.15) is 13.2 Å². The molecule has 0 atom stereocenters. The fourth-order valence-corrected chi connectivity index (χ4v) is 3.56. The predicted molar refractivity (Wildman–Crippen MR) is 100 cm³/mol. The van der Waals surface area contributed by atoms with Crippen LogP contribution >= 0.6 is 0 Å². The van der Waals surface area contributed by atoms with Crippen LogP contribution in [0.5, 0.6) is 5.75 Å². The number of aryl methyl sites for hydroxylation is 1. The van der Waals surface area contributed by atoms with Crippen molar-refractivity contribution >= 4 is 11.9 Å². The summed E-state index contributed by atoms with van der Waals surface area (Å²) in [5.41, 5.74) is 5.65. The first-order valence-corrected chi connectivity index (χ1v) is 9.52. The fraction of sp³-hybridized carbons (Fsp3) is 0.474. The van der Waals surface area contributed by atoms with Gasteiger partial charge in [-0.3, -0.25) is 4.79 Å². The molecule has 0 saturated heterocycles. The maximum atomic E-state index is 12.8. The molecule has 2 aromatic rings. The van der Waals surface area contributed by atoms with Crippen molar-refractivity contribution < 1.29 is 22.7 Å². The third-order valence-corrected chi connectivity index (χ3v) is 4.94. The second kappa shape index (κ2) is 7.84. The van der Waals surface area contributed by atoms with Gasteiger partial charge in [0, 0.05) is 32.5 Å². The number of ether oxygens (including phenoxy) is 1. The molecular formula is C19H22F3N5O2. The maximum Gasteiger partial charge on any atom is 0.406 e. The van der Waals surface area contributed by atoms with Crippen molar-refractivity contribution in [2.75, 3.05) is 37.0 Å². The standard InChI is InChI=1S/C19H22F3N5O2/c20-19(21,22)12-26-10-14-9-16(3-1-13(14)2-4-17(26)28)29-8-5-15-11-27-18(25-15)23-6-7-24-27/h1,3,9,11,24H,2,4-8,10,12H2,(H,23,25). The van der Waals surface area contributed by atoms with Crippen LogP contribution in [0.25, 0.3) is 0 Å². The minimum Gasteiger partial charge on any atom is -0.493 e. The average molecular weight is 409 g/mol. The number of hydrogen-bond acceptors (Lipinski definition) is 5. The molecule has 0 unspecified atom stereocenters. The summed E-state index contributed by atoms with van der Waals surface area (Å²) in [7, 11) is 0. The van der Waals surface area contributed by atoms with E-state index >= 15 is 0 Å². The number of rotatable bonds is 5. The van der Waals surface area contributed by atoms with Crippen LogP contribution in [0.15, 0.2) is 24.4 Å². The predicted octanol–water partition coefficient (Wildman–Crippen LogP) is 2.31. The molecule has 10 heteroatoms. The number of hydrogen-bond donors (Lipinski definition) is 2. The van der Waals surface area contributed by atoms with E-state index in [1.165, 1.54) is 0 Å². The Bertz CT molecular complexity index is 873. The molecule has 2 N–H and O–H groups in total. The van der Waals surface area contributed by atoms with Gasteiger partial charge < -0.3 is 20.4 Å². The summed E-state index contributed by atoms with van der Waals surface area (Å²) >= 11 is 0. The Morgan fingerprint density at radius 3 is 2.83 bits per heavy atom. The fourth-order valence-electron chi connectivity index (χ4n) is 3.56. The van der Waals surface area contributed by atoms with Crippen LogP contribution < -0.4 is 15.5 Å². The molecule has 1 aromatic heterocycles. The summed E-state index contributed by atoms with van der Waals surface area (Å²) < 4.78 is 46.0. The van der Waals surface area contributed by atoms with E-state index in [2.05, 4.69) is 15.7 Å². The molecule has 0 fully saturated rings. The first-order chi connectivity index (χ1) is 13.9. The van der Waals surface area contributed by atoms with Gasteiger partial charge in [-0.15, -0.1) is 0 Å². The second-order valence-corrected chi connectivity index (χ2v) is 7.15. The average Bonchev–Trinajstić information content (AvgIpc) is 3.01. The number of aromatic nitrogens is 2. The van der Waals surface area contributed by atoms with Crippen LogP contribution in [0.4, 0.5) is 19.1 Å². The summed E-state index contributed by atoms with van der Waals surface area (Å²) in [6.07, 6.45) is -1.40. The van der Waals surface area contributed by atoms with E-state index < -0.39 is 18.6 Å². The summed E-state index contributed by atoms with van der Waals surface area (Å²) in [5, 5.41) is 3.19. The summed E-state index contributed by atoms with van der Waals surface area (Å²) in [4.78, 5) is 17.4. The van der Waals surface area contributed by atoms with Crippen molar-refractivity contribution in [1.82, 2.24) is 14.6 Å². The number of anilines is 1. The van der Waals surface area contributed by atoms with Crippen LogP contribution in [0, 0.1) is 0 Å². The van der Waals surface area contributed by atoms with E-state index in [0.717, 1.165) is 35.2 Å². The molecule has 0 spiro atoms. The minimum absolute atomic E-state index is 0.0595. The van der Waals surface area contributed by atoms with Gasteiger partial charge in [-0.1, -0.05) is 6.07 Å². The highest BCUT2D eigenvalue weighted by Gasteiger charge is 2.34. The second-order valence-electron chi connectivity index (χ2n) is 7.15. The minimum atomic E-state index is -4.41. The van der Waals surface area contributed by atoms with Crippen molar-refractivity contribution in [3.63, 3.8) is 0 Å². The molecule has 7 nitrogen and oxygen atoms in total. The molecule has 0 aliphatic carbocycles. The molecule has 4 rings (SSSR count). The zero-order valence-electron chi connectivity index (χ0n) is 15.8. The highest BCUT2D eigenvalue weighted by molar-refractivity contribution is 5.77. The molecule has 3 heterocycles. The third-order valence-electron chi connectivity index (χ3n) is 4.94. The normalized spacial score (nSPS) is 16.4. The molecule has 2 aliphatic heterocycles. The van der Waals surface area contributed by atoms with Gasteiger partial charge in [0.15, 0.2) is 0 Å². The zero-order valence-corrected chi connectivity index (χ0v) is 15.8. The van der Waals surface area contributed by atoms with Crippen molar-refractivity contribution in [2.24, 2.45) is 0 Å². The lowest BCUT2D eigenvalue weighted by Crippen LogP contribution is -2.37. The Hall–Kier alpha value is -2.91. The lowest BCUT2D eigenvalue weighted by molar-refractivity contribution is -0.162. The van der Waals surface area contributed by atoms with E-state index in [1.807, 2.05) is 16.9 Å². The Kier molecular flexibility index (Phi) is 5.25. The van der Waals surface area contributed by atoms with Crippen LogP contribution in [-0.4, -0.2) is 52.9 Å². The Balaban J connectivity index is 1.39. The van der Waals surface area contributed by atoms with Crippen LogP contribution in [0.3, 0.4) is 0 Å². The molecule has 0 saturated carbocycles. The summed E-state index contributed by atoms with van der Waals surface area (Å²) in [6, 6.07) is 5.36. The monoisotopic (exact) mass is 409 g/mol. The number of benzene rings is 1. The number of halogens is 3. The highest BCUT2D eigenvalue weighted by atomic mass is 19.4. The summed E-state index contributed by atoms with van der Waals surface area (Å²) in [6.45, 7) is 0.734. The molecule has 156 valence electrons. The van der Waals surface area contributed by atoms with Crippen molar-refractivity contribution in [2.45, 2.75) is 32.0 Å². The van der Waals surface area contributed by atoms with Gasteiger partial charge in [0.05, 0.1) is 18.5 Å². The maximum absolute atomic E-state index is 12.8. The SMILES string of the molecule is O=C1CCc2ccc(OCCc3cn4c(n3)NCCN4)cc2CN1CC(F)(F)F. The molecular weight excluding hydrogens is 387 g/mol. The first kappa shape index (κ1) is 19.4. The molecule has 1 aromatic carbocycles. The smallest absolute Gasteiger partial charge is 0.406 e. The van der Waals surface area contributed by atoms with Crippen LogP contribution in [-0.2, 0) is 24.2 Å². The van der Waals surface area contributed by atoms with Gasteiger partial charge in [0.25, 0.3) is 0 Å². The van der Waals surface area contributed by atoms with Gasteiger partial charge in [0.2, 0.25) is 11.9 Å². The number of nitrogens with zero attached hydrogens (tertiary/aromatic N) is 3. The van der Waals surface area contributed by atoms with Crippen LogP contribution in [0.2, 0.25) is 0 Å². The molecule has 2 aliphatic rings. The topological polar surface area (TPSA) is 71.4 Å². The van der Waals surface area contributed by atoms with Gasteiger partial charge >= 0.3 is 6.18 Å². The third kappa shape index (κ3) is 4.75. The number of amides is 1. The van der Waals surface area contributed by atoms with E-state index in [1.54, 1.807) is 12.1 Å². The van der Waals surface area contributed by atoms with Crippen molar-refractivity contribution in [1.29, 1.82) is 0 Å². The lowest BCUT2D eigenvalue weighted by Gasteiger charge is -2.22. The lowest BCUT2D eigenvalue weighted by atomic mass is 10.0. The summed E-state index contributed by atoms with van der Waals surface area (Å²) in [5.74, 6) is 0.864. The Morgan fingerprint density at radius 1 is 1.17 bits per heavy atom. The number of imidazole rings is 1. The molecule has 1 amide bonds. The zero-order chi connectivity index (χ0) is 20.4. The van der Waals surface area contributed by atoms with E-state index in [9.17, 15) is 18.0 Å². The Labute approximate surface area is 165 Å². The molecule has 0 bridgehead atoms. The largest absolute Gasteiger partial charge is 0.493 e. The molecule has 0 radical (unpaired) electrons. The van der Waals surface area contributed by atoms with E-state index in [4.69, 9.17) is 4.74 Å². The van der Waals surface area contributed by atoms with Crippen molar-refractivity contribution in [3.05, 3.63) is 41.2 Å². The van der Waals surface area contributed by atoms with Crippen LogP contribution in [0.1, 0.15) is 23.2 Å². The number of carbonyl (C=O) groups is 1. The number of nitrogens with one attached hydrogen (secondary N) is 2. The first-order valence-electron chi connectivity index (χ1n) is 9.52.